The van der Waals surface area contributed by atoms with Crippen LogP contribution in [0.2, 0.25) is 0 Å². The number of primary amides is 1. The van der Waals surface area contributed by atoms with Crippen molar-refractivity contribution in [2.75, 3.05) is 18.8 Å². The lowest BCUT2D eigenvalue weighted by Crippen LogP contribution is -2.38. The Morgan fingerprint density at radius 1 is 1.30 bits per heavy atom. The number of likely N-dealkylation sites (tertiary alicyclic amines) is 1. The van der Waals surface area contributed by atoms with E-state index in [9.17, 15) is 9.59 Å². The van der Waals surface area contributed by atoms with E-state index in [1.807, 2.05) is 12.1 Å². The predicted octanol–water partition coefficient (Wildman–Crippen LogP) is 1.01. The van der Waals surface area contributed by atoms with Crippen molar-refractivity contribution in [1.29, 1.82) is 0 Å². The molecule has 0 aliphatic carbocycles. The number of hydrogen-bond donors (Lipinski definition) is 2. The van der Waals surface area contributed by atoms with Gasteiger partial charge in [0.05, 0.1) is 5.41 Å². The molecule has 1 aromatic carbocycles. The normalized spacial score (nSPS) is 22.4. The molecule has 1 heterocycles. The van der Waals surface area contributed by atoms with Gasteiger partial charge in [0.2, 0.25) is 11.8 Å². The summed E-state index contributed by atoms with van der Waals surface area (Å²) in [5.74, 6) is -0.456. The largest absolute Gasteiger partial charge is 0.399 e. The van der Waals surface area contributed by atoms with Gasteiger partial charge in [-0.2, -0.15) is 0 Å². The molecule has 1 saturated heterocycles. The molecular weight excluding hydrogens is 254 g/mol. The molecular formula is C15H19N3O2. The summed E-state index contributed by atoms with van der Waals surface area (Å²) >= 11 is 0. The third kappa shape index (κ3) is 2.99. The maximum atomic E-state index is 12.1. The third-order valence-electron chi connectivity index (χ3n) is 3.73. The van der Waals surface area contributed by atoms with E-state index in [4.69, 9.17) is 11.5 Å². The molecule has 1 aliphatic rings. The standard InChI is InChI=1S/C15H19N3O2/c1-15(14(17)20)8-9-18(10-15)13(19)7-4-11-2-5-12(16)6-3-11/h2-7H,8-10,16H2,1H3,(H2,17,20)/b7-4+. The van der Waals surface area contributed by atoms with Gasteiger partial charge in [0, 0.05) is 24.9 Å². The molecule has 106 valence electrons. The minimum atomic E-state index is -0.606. The molecule has 20 heavy (non-hydrogen) atoms. The Kier molecular flexibility index (Phi) is 3.79. The van der Waals surface area contributed by atoms with Crippen molar-refractivity contribution in [2.24, 2.45) is 11.1 Å². The lowest BCUT2D eigenvalue weighted by Gasteiger charge is -2.20. The Labute approximate surface area is 118 Å². The molecule has 1 fully saturated rings. The van der Waals surface area contributed by atoms with Gasteiger partial charge < -0.3 is 16.4 Å². The summed E-state index contributed by atoms with van der Waals surface area (Å²) in [5.41, 5.74) is 11.9. The Hall–Kier alpha value is -2.30. The van der Waals surface area contributed by atoms with Crippen LogP contribution in [0.3, 0.4) is 0 Å². The molecule has 2 amide bonds. The lowest BCUT2D eigenvalue weighted by atomic mass is 9.89. The summed E-state index contributed by atoms with van der Waals surface area (Å²) in [4.78, 5) is 25.1. The molecule has 1 aromatic rings. The van der Waals surface area contributed by atoms with Gasteiger partial charge >= 0.3 is 0 Å². The number of benzene rings is 1. The SMILES string of the molecule is CC1(C(N)=O)CCN(C(=O)/C=C/c2ccc(N)cc2)C1. The minimum absolute atomic E-state index is 0.105. The van der Waals surface area contributed by atoms with Crippen molar-refractivity contribution < 1.29 is 9.59 Å². The Morgan fingerprint density at radius 3 is 2.50 bits per heavy atom. The van der Waals surface area contributed by atoms with Gasteiger partial charge in [-0.3, -0.25) is 9.59 Å². The summed E-state index contributed by atoms with van der Waals surface area (Å²) in [6.07, 6.45) is 3.86. The van der Waals surface area contributed by atoms with Gasteiger partial charge in [-0.15, -0.1) is 0 Å². The van der Waals surface area contributed by atoms with E-state index in [1.165, 1.54) is 6.08 Å². The monoisotopic (exact) mass is 273 g/mol. The van der Waals surface area contributed by atoms with E-state index in [0.717, 1.165) is 5.56 Å². The average molecular weight is 273 g/mol. The molecule has 5 heteroatoms. The van der Waals surface area contributed by atoms with E-state index >= 15 is 0 Å². The maximum absolute atomic E-state index is 12.1. The van der Waals surface area contributed by atoms with Gasteiger partial charge in [-0.1, -0.05) is 12.1 Å². The number of anilines is 1. The van der Waals surface area contributed by atoms with Crippen LogP contribution in [0.1, 0.15) is 18.9 Å². The second-order valence-corrected chi connectivity index (χ2v) is 5.43. The Morgan fingerprint density at radius 2 is 1.95 bits per heavy atom. The van der Waals surface area contributed by atoms with Crippen molar-refractivity contribution in [3.63, 3.8) is 0 Å². The highest BCUT2D eigenvalue weighted by molar-refractivity contribution is 5.93. The van der Waals surface area contributed by atoms with Crippen molar-refractivity contribution in [3.8, 4) is 0 Å². The van der Waals surface area contributed by atoms with E-state index in [-0.39, 0.29) is 11.8 Å². The van der Waals surface area contributed by atoms with E-state index in [1.54, 1.807) is 30.0 Å². The summed E-state index contributed by atoms with van der Waals surface area (Å²) in [6.45, 7) is 2.74. The van der Waals surface area contributed by atoms with Crippen LogP contribution in [0, 0.1) is 5.41 Å². The Balaban J connectivity index is 1.99. The molecule has 0 aromatic heterocycles. The molecule has 5 nitrogen and oxygen atoms in total. The topological polar surface area (TPSA) is 89.4 Å². The zero-order valence-corrected chi connectivity index (χ0v) is 11.5. The van der Waals surface area contributed by atoms with E-state index in [2.05, 4.69) is 0 Å². The number of carbonyl (C=O) groups is 2. The molecule has 2 rings (SSSR count). The van der Waals surface area contributed by atoms with Crippen LogP contribution in [0.25, 0.3) is 6.08 Å². The first-order valence-electron chi connectivity index (χ1n) is 6.53. The van der Waals surface area contributed by atoms with Crippen LogP contribution in [0.4, 0.5) is 5.69 Å². The summed E-state index contributed by atoms with van der Waals surface area (Å²) < 4.78 is 0. The van der Waals surface area contributed by atoms with Gasteiger partial charge in [-0.25, -0.2) is 0 Å². The number of carbonyl (C=O) groups excluding carboxylic acids is 2. The highest BCUT2D eigenvalue weighted by Crippen LogP contribution is 2.29. The summed E-state index contributed by atoms with van der Waals surface area (Å²) in [7, 11) is 0. The number of amides is 2. The smallest absolute Gasteiger partial charge is 0.246 e. The molecule has 1 atom stereocenters. The van der Waals surface area contributed by atoms with E-state index < -0.39 is 5.41 Å². The number of hydrogen-bond acceptors (Lipinski definition) is 3. The molecule has 0 radical (unpaired) electrons. The first kappa shape index (κ1) is 14.1. The molecule has 1 aliphatic heterocycles. The Bertz CT molecular complexity index is 551. The molecule has 0 spiro atoms. The fraction of sp³-hybridized carbons (Fsp3) is 0.333. The fourth-order valence-electron chi connectivity index (χ4n) is 2.23. The lowest BCUT2D eigenvalue weighted by molar-refractivity contribution is -0.128. The number of nitrogen functional groups attached to an aromatic ring is 1. The number of nitrogens with two attached hydrogens (primary N) is 2. The maximum Gasteiger partial charge on any atom is 0.246 e. The zero-order chi connectivity index (χ0) is 14.8. The first-order valence-corrected chi connectivity index (χ1v) is 6.53. The average Bonchev–Trinajstić information content (AvgIpc) is 2.82. The first-order chi connectivity index (χ1) is 9.40. The van der Waals surface area contributed by atoms with Gasteiger partial charge in [0.1, 0.15) is 0 Å². The second-order valence-electron chi connectivity index (χ2n) is 5.43. The van der Waals surface area contributed by atoms with Gasteiger partial charge in [0.25, 0.3) is 0 Å². The minimum Gasteiger partial charge on any atom is -0.399 e. The van der Waals surface area contributed by atoms with Gasteiger partial charge in [0.15, 0.2) is 0 Å². The van der Waals surface area contributed by atoms with Crippen LogP contribution in [-0.4, -0.2) is 29.8 Å². The van der Waals surface area contributed by atoms with E-state index in [0.29, 0.717) is 25.2 Å². The fourth-order valence-corrected chi connectivity index (χ4v) is 2.23. The van der Waals surface area contributed by atoms with Crippen LogP contribution in [0.5, 0.6) is 0 Å². The highest BCUT2D eigenvalue weighted by Gasteiger charge is 2.40. The van der Waals surface area contributed by atoms with Crippen molar-refractivity contribution in [3.05, 3.63) is 35.9 Å². The summed E-state index contributed by atoms with van der Waals surface area (Å²) in [6, 6.07) is 7.25. The molecule has 0 saturated carbocycles. The van der Waals surface area contributed by atoms with Crippen LogP contribution in [0.15, 0.2) is 30.3 Å². The third-order valence-corrected chi connectivity index (χ3v) is 3.73. The molecule has 4 N–H and O–H groups in total. The zero-order valence-electron chi connectivity index (χ0n) is 11.5. The molecule has 1 unspecified atom stereocenters. The molecule has 0 bridgehead atoms. The van der Waals surface area contributed by atoms with Crippen LogP contribution < -0.4 is 11.5 Å². The van der Waals surface area contributed by atoms with Crippen molar-refractivity contribution in [2.45, 2.75) is 13.3 Å². The quantitative estimate of drug-likeness (QED) is 0.636. The second kappa shape index (κ2) is 5.36. The van der Waals surface area contributed by atoms with Crippen LogP contribution >= 0.6 is 0 Å². The number of nitrogens with zero attached hydrogens (tertiary/aromatic N) is 1. The predicted molar refractivity (Wildman–Crippen MR) is 78.4 cm³/mol. The van der Waals surface area contributed by atoms with Crippen molar-refractivity contribution in [1.82, 2.24) is 4.90 Å². The van der Waals surface area contributed by atoms with Gasteiger partial charge in [-0.05, 0) is 37.1 Å². The highest BCUT2D eigenvalue weighted by atomic mass is 16.2. The summed E-state index contributed by atoms with van der Waals surface area (Å²) in [5, 5.41) is 0. The van der Waals surface area contributed by atoms with Crippen LogP contribution in [-0.2, 0) is 9.59 Å². The number of rotatable bonds is 3. The van der Waals surface area contributed by atoms with Crippen molar-refractivity contribution >= 4 is 23.6 Å².